The third-order valence-corrected chi connectivity index (χ3v) is 6.62. The molecular formula is C25H28N4OS. The molecule has 0 unspecified atom stereocenters. The summed E-state index contributed by atoms with van der Waals surface area (Å²) in [5, 5.41) is 1.24. The van der Waals surface area contributed by atoms with Crippen molar-refractivity contribution in [3.05, 3.63) is 93.2 Å². The Morgan fingerprint density at radius 1 is 1.00 bits per heavy atom. The molecule has 2 aromatic carbocycles. The van der Waals surface area contributed by atoms with E-state index in [1.165, 1.54) is 20.5 Å². The molecule has 0 saturated heterocycles. The second-order valence-corrected chi connectivity index (χ2v) is 9.34. The maximum absolute atomic E-state index is 12.4. The van der Waals surface area contributed by atoms with Crippen molar-refractivity contribution >= 4 is 27.4 Å². The largest absolute Gasteiger partial charge is 0.344 e. The topological polar surface area (TPSA) is 52.2 Å². The molecule has 0 aliphatic heterocycles. The first-order valence-corrected chi connectivity index (χ1v) is 11.3. The summed E-state index contributed by atoms with van der Waals surface area (Å²) < 4.78 is 1.26. The van der Waals surface area contributed by atoms with Crippen LogP contribution in [-0.4, -0.2) is 48.6 Å². The van der Waals surface area contributed by atoms with E-state index in [9.17, 15) is 4.79 Å². The summed E-state index contributed by atoms with van der Waals surface area (Å²) in [6.07, 6.45) is 1.59. The smallest absolute Gasteiger partial charge is 0.252 e. The molecule has 0 aliphatic carbocycles. The van der Waals surface area contributed by atoms with Gasteiger partial charge in [0.05, 0.1) is 5.69 Å². The minimum atomic E-state index is -0.113. The standard InChI is InChI=1S/C25H28N4OS/c1-28(2)21(13-18-9-5-4-6-10-18)17-29(3)25-26-20(16-24(30)27-25)15-22-14-19-11-7-8-12-23(19)31-22/h4-12,14,16,21H,13,15,17H2,1-3H3,(H,26,27,30)/t21-/m1/s1. The van der Waals surface area contributed by atoms with Crippen LogP contribution in [0.5, 0.6) is 0 Å². The van der Waals surface area contributed by atoms with E-state index in [0.29, 0.717) is 18.4 Å². The molecule has 0 radical (unpaired) electrons. The van der Waals surface area contributed by atoms with Crippen molar-refractivity contribution in [2.24, 2.45) is 0 Å². The molecular weight excluding hydrogens is 404 g/mol. The summed E-state index contributed by atoms with van der Waals surface area (Å²) in [5.41, 5.74) is 1.98. The van der Waals surface area contributed by atoms with E-state index >= 15 is 0 Å². The van der Waals surface area contributed by atoms with Gasteiger partial charge in [0.15, 0.2) is 0 Å². The minimum absolute atomic E-state index is 0.113. The SMILES string of the molecule is CN(C[C@@H](Cc1ccccc1)N(C)C)c1nc(Cc2cc3ccccc3s2)cc(=O)[nH]1. The Hall–Kier alpha value is -2.96. The van der Waals surface area contributed by atoms with Gasteiger partial charge in [0.2, 0.25) is 5.95 Å². The number of thiophene rings is 1. The highest BCUT2D eigenvalue weighted by molar-refractivity contribution is 7.19. The Morgan fingerprint density at radius 3 is 2.48 bits per heavy atom. The lowest BCUT2D eigenvalue weighted by Gasteiger charge is -2.29. The third-order valence-electron chi connectivity index (χ3n) is 5.50. The number of benzene rings is 2. The zero-order valence-corrected chi connectivity index (χ0v) is 19.0. The van der Waals surface area contributed by atoms with Crippen LogP contribution in [0.3, 0.4) is 0 Å². The fourth-order valence-electron chi connectivity index (χ4n) is 3.77. The van der Waals surface area contributed by atoms with E-state index in [1.54, 1.807) is 17.4 Å². The highest BCUT2D eigenvalue weighted by atomic mass is 32.1. The van der Waals surface area contributed by atoms with Gasteiger partial charge in [-0.1, -0.05) is 48.5 Å². The third kappa shape index (κ3) is 5.40. The lowest BCUT2D eigenvalue weighted by molar-refractivity contribution is 0.294. The van der Waals surface area contributed by atoms with E-state index in [0.717, 1.165) is 18.7 Å². The number of nitrogens with zero attached hydrogens (tertiary/aromatic N) is 3. The number of nitrogens with one attached hydrogen (secondary N) is 1. The van der Waals surface area contributed by atoms with Gasteiger partial charge < -0.3 is 9.80 Å². The van der Waals surface area contributed by atoms with Gasteiger partial charge in [-0.15, -0.1) is 11.3 Å². The fraction of sp³-hybridized carbons (Fsp3) is 0.280. The molecule has 6 heteroatoms. The van der Waals surface area contributed by atoms with Gasteiger partial charge in [0, 0.05) is 41.7 Å². The van der Waals surface area contributed by atoms with Crippen molar-refractivity contribution in [3.8, 4) is 0 Å². The van der Waals surface area contributed by atoms with Crippen molar-refractivity contribution in [2.75, 3.05) is 32.6 Å². The number of rotatable bonds is 8. The van der Waals surface area contributed by atoms with Crippen molar-refractivity contribution in [1.82, 2.24) is 14.9 Å². The molecule has 4 aromatic rings. The predicted molar refractivity (Wildman–Crippen MR) is 130 cm³/mol. The van der Waals surface area contributed by atoms with E-state index in [4.69, 9.17) is 4.98 Å². The van der Waals surface area contributed by atoms with Crippen LogP contribution in [0, 0.1) is 0 Å². The average molecular weight is 433 g/mol. The Balaban J connectivity index is 1.51. The molecule has 4 rings (SSSR count). The summed E-state index contributed by atoms with van der Waals surface area (Å²) in [6.45, 7) is 0.761. The molecule has 2 heterocycles. The summed E-state index contributed by atoms with van der Waals surface area (Å²) in [6, 6.07) is 22.9. The van der Waals surface area contributed by atoms with Crippen molar-refractivity contribution in [1.29, 1.82) is 0 Å². The monoisotopic (exact) mass is 432 g/mol. The molecule has 0 bridgehead atoms. The lowest BCUT2D eigenvalue weighted by atomic mass is 10.0. The quantitative estimate of drug-likeness (QED) is 0.454. The summed E-state index contributed by atoms with van der Waals surface area (Å²) in [4.78, 5) is 25.5. The zero-order valence-electron chi connectivity index (χ0n) is 18.2. The second-order valence-electron chi connectivity index (χ2n) is 8.18. The molecule has 31 heavy (non-hydrogen) atoms. The number of aromatic amines is 1. The molecule has 0 spiro atoms. The van der Waals surface area contributed by atoms with Gasteiger partial charge in [-0.2, -0.15) is 0 Å². The van der Waals surface area contributed by atoms with Crippen molar-refractivity contribution in [3.63, 3.8) is 0 Å². The van der Waals surface area contributed by atoms with E-state index in [2.05, 4.69) is 72.5 Å². The molecule has 5 nitrogen and oxygen atoms in total. The molecule has 1 atom stereocenters. The summed E-state index contributed by atoms with van der Waals surface area (Å²) in [5.74, 6) is 0.614. The van der Waals surface area contributed by atoms with Crippen molar-refractivity contribution in [2.45, 2.75) is 18.9 Å². The van der Waals surface area contributed by atoms with Crippen LogP contribution in [0.2, 0.25) is 0 Å². The first-order chi connectivity index (χ1) is 15.0. The number of aromatic nitrogens is 2. The van der Waals surface area contributed by atoms with Crippen LogP contribution in [-0.2, 0) is 12.8 Å². The predicted octanol–water partition coefficient (Wildman–Crippen LogP) is 4.18. The number of H-pyrrole nitrogens is 1. The highest BCUT2D eigenvalue weighted by Gasteiger charge is 2.17. The second kappa shape index (κ2) is 9.45. The average Bonchev–Trinajstić information content (AvgIpc) is 3.15. The first-order valence-electron chi connectivity index (χ1n) is 10.5. The molecule has 0 saturated carbocycles. The van der Waals surface area contributed by atoms with E-state index in [-0.39, 0.29) is 5.56 Å². The normalized spacial score (nSPS) is 12.4. The van der Waals surface area contributed by atoms with Crippen LogP contribution in [0.1, 0.15) is 16.1 Å². The Bertz CT molecular complexity index is 1170. The minimum Gasteiger partial charge on any atom is -0.344 e. The van der Waals surface area contributed by atoms with Crippen LogP contribution >= 0.6 is 11.3 Å². The Morgan fingerprint density at radius 2 is 1.74 bits per heavy atom. The van der Waals surface area contributed by atoms with Crippen LogP contribution in [0.4, 0.5) is 5.95 Å². The van der Waals surface area contributed by atoms with Crippen LogP contribution in [0.15, 0.2) is 71.5 Å². The number of hydrogen-bond donors (Lipinski definition) is 1. The molecule has 160 valence electrons. The number of likely N-dealkylation sites (N-methyl/N-ethyl adjacent to an activating group) is 2. The molecule has 0 amide bonds. The first kappa shape index (κ1) is 21.3. The molecule has 0 fully saturated rings. The van der Waals surface area contributed by atoms with Gasteiger partial charge in [-0.05, 0) is 43.6 Å². The van der Waals surface area contributed by atoms with Gasteiger partial charge in [-0.3, -0.25) is 9.78 Å². The maximum atomic E-state index is 12.4. The van der Waals surface area contributed by atoms with Gasteiger partial charge >= 0.3 is 0 Å². The van der Waals surface area contributed by atoms with Gasteiger partial charge in [0.1, 0.15) is 0 Å². The van der Waals surface area contributed by atoms with Gasteiger partial charge in [0.25, 0.3) is 5.56 Å². The lowest BCUT2D eigenvalue weighted by Crippen LogP contribution is -2.41. The molecule has 2 aromatic heterocycles. The summed E-state index contributed by atoms with van der Waals surface area (Å²) >= 11 is 1.76. The maximum Gasteiger partial charge on any atom is 0.252 e. The number of anilines is 1. The van der Waals surface area contributed by atoms with Gasteiger partial charge in [-0.25, -0.2) is 4.98 Å². The van der Waals surface area contributed by atoms with Crippen LogP contribution < -0.4 is 10.5 Å². The summed E-state index contributed by atoms with van der Waals surface area (Å²) in [7, 11) is 6.17. The number of hydrogen-bond acceptors (Lipinski definition) is 5. The van der Waals surface area contributed by atoms with Crippen LogP contribution in [0.25, 0.3) is 10.1 Å². The highest BCUT2D eigenvalue weighted by Crippen LogP contribution is 2.26. The fourth-order valence-corrected chi connectivity index (χ4v) is 4.85. The molecule has 0 aliphatic rings. The Labute approximate surface area is 187 Å². The van der Waals surface area contributed by atoms with Crippen molar-refractivity contribution < 1.29 is 0 Å². The zero-order chi connectivity index (χ0) is 21.8. The molecule has 1 N–H and O–H groups in total. The number of fused-ring (bicyclic) bond motifs is 1. The van der Waals surface area contributed by atoms with E-state index < -0.39 is 0 Å². The Kier molecular flexibility index (Phi) is 6.49. The van der Waals surface area contributed by atoms with E-state index in [1.807, 2.05) is 24.1 Å².